The van der Waals surface area contributed by atoms with E-state index in [1.165, 1.54) is 0 Å². The highest BCUT2D eigenvalue weighted by molar-refractivity contribution is 6.56. The van der Waals surface area contributed by atoms with Crippen LogP contribution in [0.25, 0.3) is 64.6 Å². The lowest BCUT2D eigenvalue weighted by Crippen LogP contribution is -1.97. The van der Waals surface area contributed by atoms with E-state index in [9.17, 15) is 0 Å². The Kier molecular flexibility index (Phi) is 0.800. The minimum absolute atomic E-state index is 0.252. The van der Waals surface area contributed by atoms with Crippen LogP contribution < -0.4 is 0 Å². The van der Waals surface area contributed by atoms with Crippen LogP contribution in [0.15, 0.2) is 72.5 Å². The number of rotatable bonds is 0. The summed E-state index contributed by atoms with van der Waals surface area (Å²) in [6, 6.07) is -4.07. The molecule has 0 N–H and O–H groups in total. The monoisotopic (exact) mass is 312 g/mol. The third-order valence-corrected chi connectivity index (χ3v) is 5.06. The Bertz CT molecular complexity index is 1740. The first-order valence-electron chi connectivity index (χ1n) is 13.5. The summed E-state index contributed by atoms with van der Waals surface area (Å²) in [5.41, 5.74) is 0. The van der Waals surface area contributed by atoms with E-state index >= 15 is 0 Å². The number of hydrogen-bond acceptors (Lipinski definition) is 0. The first-order valence-corrected chi connectivity index (χ1v) is 7.50. The normalized spacial score (nSPS) is 20.0. The third-order valence-electron chi connectivity index (χ3n) is 5.06. The van der Waals surface area contributed by atoms with Crippen LogP contribution in [0.3, 0.4) is 0 Å². The second-order valence-corrected chi connectivity index (χ2v) is 6.00. The van der Waals surface area contributed by atoms with Gasteiger partial charge in [-0.3, -0.25) is 0 Å². The van der Waals surface area contributed by atoms with Gasteiger partial charge in [-0.1, -0.05) is 72.5 Å². The van der Waals surface area contributed by atoms with Crippen LogP contribution in [0, 0.1) is 0 Å². The van der Waals surface area contributed by atoms with E-state index in [0.717, 1.165) is 0 Å². The molecule has 0 aliphatic carbocycles. The molecule has 0 spiro atoms. The molecule has 7 aromatic carbocycles. The van der Waals surface area contributed by atoms with E-state index in [4.69, 9.17) is 16.4 Å². The van der Waals surface area contributed by atoms with Gasteiger partial charge in [-0.25, -0.2) is 0 Å². The Labute approximate surface area is 154 Å². The molecule has 0 aliphatic heterocycles. The lowest BCUT2D eigenvalue weighted by atomic mass is 9.76. The fourth-order valence-corrected chi connectivity index (χ4v) is 4.12. The molecule has 7 rings (SSSR count). The van der Waals surface area contributed by atoms with Crippen LogP contribution in [-0.2, 0) is 0 Å². The summed E-state index contributed by atoms with van der Waals surface area (Å²) >= 11 is 0. The molecule has 0 radical (unpaired) electrons. The molecule has 24 heavy (non-hydrogen) atoms. The van der Waals surface area contributed by atoms with Gasteiger partial charge in [-0.2, -0.15) is 0 Å². The van der Waals surface area contributed by atoms with Gasteiger partial charge in [0.25, 0.3) is 0 Å². The maximum atomic E-state index is 8.51. The van der Waals surface area contributed by atoms with Gasteiger partial charge in [-0.05, 0) is 64.6 Å². The van der Waals surface area contributed by atoms with Gasteiger partial charge in [0, 0.05) is 0 Å². The van der Waals surface area contributed by atoms with Crippen molar-refractivity contribution in [3.8, 4) is 0 Å². The molecule has 0 heterocycles. The molecule has 0 heteroatoms. The summed E-state index contributed by atoms with van der Waals surface area (Å²) in [5, 5.41) is 4.10. The van der Waals surface area contributed by atoms with Gasteiger partial charge >= 0.3 is 0 Å². The standard InChI is InChI=1S/C24H12/c1-2-8-14-13(7-1)19-20(14)22-17-11-5-6-12-18(17)24(22)23-16-10-4-3-9-15(16)21(19)23/h1-12H/i1D,2D,3D,4D,5D,6D,7D,8D,9D,10D,11D,12D. The first kappa shape index (κ1) is 5.46. The first-order chi connectivity index (χ1) is 16.9. The van der Waals surface area contributed by atoms with Crippen LogP contribution in [0.1, 0.15) is 16.4 Å². The van der Waals surface area contributed by atoms with E-state index in [2.05, 4.69) is 0 Å². The van der Waals surface area contributed by atoms with Crippen molar-refractivity contribution in [2.24, 2.45) is 0 Å². The summed E-state index contributed by atoms with van der Waals surface area (Å²) in [5.74, 6) is 0. The SMILES string of the molecule is [2H]c1c([2H])c([2H])c2c(c1[2H])c1c3c4c([2H])c([2H])c([2H])c([2H])c4c3c3c4c([2H])c([2H])c([2H])c([2H])c4c3c21. The molecule has 7 aromatic rings. The average Bonchev–Trinajstić information content (AvgIpc) is 2.82. The molecule has 0 unspecified atom stereocenters. The van der Waals surface area contributed by atoms with Gasteiger partial charge in [-0.15, -0.1) is 0 Å². The highest BCUT2D eigenvalue weighted by atomic mass is 14.3. The highest BCUT2D eigenvalue weighted by Gasteiger charge is 2.26. The van der Waals surface area contributed by atoms with Crippen molar-refractivity contribution in [2.45, 2.75) is 0 Å². The molecule has 0 bridgehead atoms. The largest absolute Gasteiger partial charge is 0.0629 e. The number of benzene rings is 4. The molecule has 0 aliphatic rings. The summed E-state index contributed by atoms with van der Waals surface area (Å²) in [6.07, 6.45) is 0. The molecular formula is C24H12. The maximum Gasteiger partial charge on any atom is 0.0629 e. The molecule has 0 saturated carbocycles. The fourth-order valence-electron chi connectivity index (χ4n) is 4.12. The van der Waals surface area contributed by atoms with Crippen molar-refractivity contribution in [2.75, 3.05) is 0 Å². The van der Waals surface area contributed by atoms with Crippen LogP contribution in [0.2, 0.25) is 0 Å². The third kappa shape index (κ3) is 0.995. The Morgan fingerprint density at radius 2 is 0.500 bits per heavy atom. The number of fused-ring (bicyclic) bond motifs is 15. The molecule has 0 nitrogen and oxygen atoms in total. The minimum atomic E-state index is -0.419. The van der Waals surface area contributed by atoms with Crippen LogP contribution >= 0.6 is 0 Å². The Balaban J connectivity index is 1.91. The van der Waals surface area contributed by atoms with Gasteiger partial charge in [0.05, 0.1) is 16.4 Å². The Morgan fingerprint density at radius 1 is 0.333 bits per heavy atom. The van der Waals surface area contributed by atoms with Crippen molar-refractivity contribution in [3.05, 3.63) is 72.5 Å². The quantitative estimate of drug-likeness (QED) is 0.285. The van der Waals surface area contributed by atoms with Crippen molar-refractivity contribution < 1.29 is 16.4 Å². The van der Waals surface area contributed by atoms with Crippen LogP contribution in [0.5, 0.6) is 0 Å². The molecule has 0 amide bonds. The second-order valence-electron chi connectivity index (χ2n) is 6.00. The van der Waals surface area contributed by atoms with Crippen LogP contribution in [0.4, 0.5) is 0 Å². The lowest BCUT2D eigenvalue weighted by molar-refractivity contribution is 1.79. The lowest BCUT2D eigenvalue weighted by Gasteiger charge is -2.26. The molecular weight excluding hydrogens is 288 g/mol. The van der Waals surface area contributed by atoms with E-state index in [1.807, 2.05) is 0 Å². The minimum Gasteiger partial charge on any atom is -0.0616 e. The Morgan fingerprint density at radius 3 is 0.667 bits per heavy atom. The van der Waals surface area contributed by atoms with Gasteiger partial charge in [0.2, 0.25) is 0 Å². The molecule has 0 aromatic heterocycles. The van der Waals surface area contributed by atoms with Crippen LogP contribution in [-0.4, -0.2) is 0 Å². The zero-order valence-corrected chi connectivity index (χ0v) is 12.0. The van der Waals surface area contributed by atoms with Gasteiger partial charge in [0.1, 0.15) is 0 Å². The van der Waals surface area contributed by atoms with E-state index < -0.39 is 36.3 Å². The molecule has 108 valence electrons. The smallest absolute Gasteiger partial charge is 0.0616 e. The summed E-state index contributed by atoms with van der Waals surface area (Å²) in [4.78, 5) is 0. The maximum absolute atomic E-state index is 8.51. The predicted octanol–water partition coefficient (Wildman–Crippen LogP) is 6.92. The Hall–Kier alpha value is -3.12. The summed E-state index contributed by atoms with van der Waals surface area (Å²) < 4.78 is 100.0. The average molecular weight is 312 g/mol. The van der Waals surface area contributed by atoms with Crippen molar-refractivity contribution in [1.29, 1.82) is 0 Å². The van der Waals surface area contributed by atoms with Gasteiger partial charge in [0.15, 0.2) is 0 Å². The predicted molar refractivity (Wildman–Crippen MR) is 105 cm³/mol. The summed E-state index contributed by atoms with van der Waals surface area (Å²) in [7, 11) is 0. The van der Waals surface area contributed by atoms with E-state index in [-0.39, 0.29) is 68.6 Å². The summed E-state index contributed by atoms with van der Waals surface area (Å²) in [6.45, 7) is 0. The fraction of sp³-hybridized carbons (Fsp3) is 0. The van der Waals surface area contributed by atoms with Gasteiger partial charge < -0.3 is 0 Å². The van der Waals surface area contributed by atoms with Crippen molar-refractivity contribution in [1.82, 2.24) is 0 Å². The highest BCUT2D eigenvalue weighted by Crippen LogP contribution is 2.55. The second kappa shape index (κ2) is 3.52. The topological polar surface area (TPSA) is 0 Å². The molecule has 0 atom stereocenters. The molecule has 0 saturated heterocycles. The molecule has 0 fully saturated rings. The van der Waals surface area contributed by atoms with Crippen molar-refractivity contribution in [3.63, 3.8) is 0 Å². The zero-order chi connectivity index (χ0) is 25.9. The van der Waals surface area contributed by atoms with E-state index in [1.54, 1.807) is 0 Å². The van der Waals surface area contributed by atoms with E-state index in [0.29, 0.717) is 32.3 Å². The zero-order valence-electron chi connectivity index (χ0n) is 24.0. The number of hydrogen-bond donors (Lipinski definition) is 0. The van der Waals surface area contributed by atoms with Crippen molar-refractivity contribution >= 4 is 64.6 Å².